The highest BCUT2D eigenvalue weighted by molar-refractivity contribution is 5.19. The first-order valence-corrected chi connectivity index (χ1v) is 7.52. The lowest BCUT2D eigenvalue weighted by atomic mass is 9.96. The molecule has 0 aliphatic heterocycles. The minimum Gasteiger partial charge on any atom is -0.381 e. The molecule has 1 aromatic rings. The van der Waals surface area contributed by atoms with E-state index in [1.54, 1.807) is 0 Å². The Hall–Kier alpha value is -0.860. The van der Waals surface area contributed by atoms with Gasteiger partial charge in [-0.25, -0.2) is 0 Å². The second-order valence-corrected chi connectivity index (χ2v) is 6.13. The van der Waals surface area contributed by atoms with E-state index >= 15 is 0 Å². The molecule has 3 unspecified atom stereocenters. The van der Waals surface area contributed by atoms with Gasteiger partial charge in [0.1, 0.15) is 0 Å². The molecule has 2 rings (SSSR count). The Bertz CT molecular complexity index is 363. The average molecular weight is 261 g/mol. The predicted octanol–water partition coefficient (Wildman–Crippen LogP) is 3.93. The first-order chi connectivity index (χ1) is 9.19. The van der Waals surface area contributed by atoms with Crippen LogP contribution in [-0.4, -0.2) is 19.3 Å². The maximum atomic E-state index is 5.47. The minimum absolute atomic E-state index is 0.452. The van der Waals surface area contributed by atoms with Crippen molar-refractivity contribution in [2.45, 2.75) is 57.7 Å². The van der Waals surface area contributed by atoms with Gasteiger partial charge in [-0.1, -0.05) is 44.2 Å². The van der Waals surface area contributed by atoms with Crippen LogP contribution < -0.4 is 5.32 Å². The van der Waals surface area contributed by atoms with E-state index < -0.39 is 0 Å². The largest absolute Gasteiger partial charge is 0.381 e. The first kappa shape index (κ1) is 14.5. The van der Waals surface area contributed by atoms with Crippen LogP contribution >= 0.6 is 0 Å². The highest BCUT2D eigenvalue weighted by atomic mass is 16.5. The Morgan fingerprint density at radius 3 is 2.53 bits per heavy atom. The van der Waals surface area contributed by atoms with E-state index in [0.29, 0.717) is 24.1 Å². The highest BCUT2D eigenvalue weighted by Gasteiger charge is 2.26. The maximum absolute atomic E-state index is 5.47. The summed E-state index contributed by atoms with van der Waals surface area (Å²) in [7, 11) is 1.83. The average Bonchev–Trinajstić information content (AvgIpc) is 2.86. The SMILES string of the molecule is COC1CCC(NC(CC(C)C)c2ccccc2)C1. The van der Waals surface area contributed by atoms with Gasteiger partial charge in [0.05, 0.1) is 6.10 Å². The van der Waals surface area contributed by atoms with E-state index in [1.165, 1.54) is 24.8 Å². The van der Waals surface area contributed by atoms with Crippen LogP contribution in [0.5, 0.6) is 0 Å². The van der Waals surface area contributed by atoms with Crippen LogP contribution in [0.2, 0.25) is 0 Å². The molecule has 0 amide bonds. The van der Waals surface area contributed by atoms with Crippen LogP contribution in [0.1, 0.15) is 51.1 Å². The van der Waals surface area contributed by atoms with Gasteiger partial charge in [-0.05, 0) is 37.2 Å². The molecule has 0 radical (unpaired) electrons. The van der Waals surface area contributed by atoms with Crippen molar-refractivity contribution in [1.82, 2.24) is 5.32 Å². The summed E-state index contributed by atoms with van der Waals surface area (Å²) in [6.45, 7) is 4.59. The summed E-state index contributed by atoms with van der Waals surface area (Å²) in [5.74, 6) is 0.706. The zero-order valence-corrected chi connectivity index (χ0v) is 12.4. The molecule has 1 aromatic carbocycles. The Morgan fingerprint density at radius 1 is 1.21 bits per heavy atom. The summed E-state index contributed by atoms with van der Waals surface area (Å²) >= 11 is 0. The number of rotatable bonds is 6. The van der Waals surface area contributed by atoms with Gasteiger partial charge in [0.25, 0.3) is 0 Å². The summed E-state index contributed by atoms with van der Waals surface area (Å²) < 4.78 is 5.47. The molecule has 0 saturated heterocycles. The van der Waals surface area contributed by atoms with Crippen LogP contribution in [-0.2, 0) is 4.74 Å². The van der Waals surface area contributed by atoms with Crippen molar-refractivity contribution >= 4 is 0 Å². The fourth-order valence-electron chi connectivity index (χ4n) is 3.05. The van der Waals surface area contributed by atoms with E-state index in [0.717, 1.165) is 6.42 Å². The topological polar surface area (TPSA) is 21.3 Å². The molecule has 0 aromatic heterocycles. The Balaban J connectivity index is 1.99. The van der Waals surface area contributed by atoms with Crippen molar-refractivity contribution < 1.29 is 4.74 Å². The lowest BCUT2D eigenvalue weighted by Crippen LogP contribution is -2.32. The van der Waals surface area contributed by atoms with E-state index in [1.807, 2.05) is 7.11 Å². The normalized spacial score (nSPS) is 24.8. The van der Waals surface area contributed by atoms with Gasteiger partial charge in [0, 0.05) is 19.2 Å². The lowest BCUT2D eigenvalue weighted by molar-refractivity contribution is 0.106. The standard InChI is InChI=1S/C17H27NO/c1-13(2)11-17(14-7-5-4-6-8-14)18-15-9-10-16(12-15)19-3/h4-8,13,15-18H,9-12H2,1-3H3. The molecule has 0 spiro atoms. The smallest absolute Gasteiger partial charge is 0.0586 e. The maximum Gasteiger partial charge on any atom is 0.0586 e. The van der Waals surface area contributed by atoms with Gasteiger partial charge in [-0.15, -0.1) is 0 Å². The molecule has 3 atom stereocenters. The molecule has 19 heavy (non-hydrogen) atoms. The summed E-state index contributed by atoms with van der Waals surface area (Å²) in [6.07, 6.45) is 5.22. The third-order valence-electron chi connectivity index (χ3n) is 4.06. The van der Waals surface area contributed by atoms with Crippen molar-refractivity contribution in [2.24, 2.45) is 5.92 Å². The number of methoxy groups -OCH3 is 1. The second kappa shape index (κ2) is 7.06. The molecule has 2 heteroatoms. The Labute approximate surface area is 117 Å². The molecule has 1 saturated carbocycles. The van der Waals surface area contributed by atoms with Gasteiger partial charge in [-0.3, -0.25) is 0 Å². The summed E-state index contributed by atoms with van der Waals surface area (Å²) in [4.78, 5) is 0. The van der Waals surface area contributed by atoms with E-state index in [9.17, 15) is 0 Å². The molecular formula is C17H27NO. The third kappa shape index (κ3) is 4.32. The summed E-state index contributed by atoms with van der Waals surface area (Å²) in [6, 6.07) is 11.9. The molecule has 0 heterocycles. The van der Waals surface area contributed by atoms with Gasteiger partial charge < -0.3 is 10.1 Å². The lowest BCUT2D eigenvalue weighted by Gasteiger charge is -2.25. The summed E-state index contributed by atoms with van der Waals surface area (Å²) in [5, 5.41) is 3.85. The number of nitrogens with one attached hydrogen (secondary N) is 1. The zero-order chi connectivity index (χ0) is 13.7. The molecule has 106 valence electrons. The molecule has 2 nitrogen and oxygen atoms in total. The minimum atomic E-state index is 0.452. The van der Waals surface area contributed by atoms with Crippen molar-refractivity contribution in [3.05, 3.63) is 35.9 Å². The number of hydrogen-bond acceptors (Lipinski definition) is 2. The quantitative estimate of drug-likeness (QED) is 0.837. The predicted molar refractivity (Wildman–Crippen MR) is 80.2 cm³/mol. The fourth-order valence-corrected chi connectivity index (χ4v) is 3.05. The fraction of sp³-hybridized carbons (Fsp3) is 0.647. The molecule has 1 fully saturated rings. The molecular weight excluding hydrogens is 234 g/mol. The number of benzene rings is 1. The molecule has 1 aliphatic carbocycles. The van der Waals surface area contributed by atoms with E-state index in [4.69, 9.17) is 4.74 Å². The monoisotopic (exact) mass is 261 g/mol. The van der Waals surface area contributed by atoms with E-state index in [2.05, 4.69) is 49.5 Å². The van der Waals surface area contributed by atoms with Crippen molar-refractivity contribution in [2.75, 3.05) is 7.11 Å². The summed E-state index contributed by atoms with van der Waals surface area (Å²) in [5.41, 5.74) is 1.41. The van der Waals surface area contributed by atoms with E-state index in [-0.39, 0.29) is 0 Å². The molecule has 1 N–H and O–H groups in total. The van der Waals surface area contributed by atoms with Crippen LogP contribution in [0.15, 0.2) is 30.3 Å². The number of ether oxygens (including phenoxy) is 1. The third-order valence-corrected chi connectivity index (χ3v) is 4.06. The molecule has 1 aliphatic rings. The number of hydrogen-bond donors (Lipinski definition) is 1. The van der Waals surface area contributed by atoms with Crippen molar-refractivity contribution in [3.8, 4) is 0 Å². The van der Waals surface area contributed by atoms with Gasteiger partial charge in [-0.2, -0.15) is 0 Å². The Kier molecular flexibility index (Phi) is 5.41. The second-order valence-electron chi connectivity index (χ2n) is 6.13. The first-order valence-electron chi connectivity index (χ1n) is 7.52. The zero-order valence-electron chi connectivity index (χ0n) is 12.4. The van der Waals surface area contributed by atoms with Crippen LogP contribution in [0.4, 0.5) is 0 Å². The van der Waals surface area contributed by atoms with Gasteiger partial charge in [0.15, 0.2) is 0 Å². The molecule has 0 bridgehead atoms. The van der Waals surface area contributed by atoms with Crippen LogP contribution in [0, 0.1) is 5.92 Å². The van der Waals surface area contributed by atoms with Gasteiger partial charge in [0.2, 0.25) is 0 Å². The Morgan fingerprint density at radius 2 is 1.95 bits per heavy atom. The highest BCUT2D eigenvalue weighted by Crippen LogP contribution is 2.27. The van der Waals surface area contributed by atoms with Crippen LogP contribution in [0.25, 0.3) is 0 Å². The van der Waals surface area contributed by atoms with Crippen molar-refractivity contribution in [1.29, 1.82) is 0 Å². The van der Waals surface area contributed by atoms with Gasteiger partial charge >= 0.3 is 0 Å². The van der Waals surface area contributed by atoms with Crippen LogP contribution in [0.3, 0.4) is 0 Å². The van der Waals surface area contributed by atoms with Crippen molar-refractivity contribution in [3.63, 3.8) is 0 Å².